The number of aromatic nitrogens is 2. The molecule has 1 aliphatic carbocycles. The summed E-state index contributed by atoms with van der Waals surface area (Å²) < 4.78 is 74.1. The topological polar surface area (TPSA) is 133 Å². The van der Waals surface area contributed by atoms with Gasteiger partial charge in [0.15, 0.2) is 0 Å². The lowest BCUT2D eigenvalue weighted by atomic mass is 9.82. The smallest absolute Gasteiger partial charge is 0.475 e. The van der Waals surface area contributed by atoms with Gasteiger partial charge in [-0.2, -0.15) is 18.2 Å². The molecule has 1 heterocycles. The number of alkyl halides is 3. The minimum absolute atomic E-state index is 0.232. The highest BCUT2D eigenvalue weighted by Crippen LogP contribution is 2.30. The van der Waals surface area contributed by atoms with Crippen LogP contribution in [0.2, 0.25) is 0 Å². The van der Waals surface area contributed by atoms with Crippen LogP contribution in [0.1, 0.15) is 31.2 Å². The molecule has 0 aliphatic heterocycles. The maximum atomic E-state index is 13.2. The Morgan fingerprint density at radius 3 is 2.06 bits per heavy atom. The van der Waals surface area contributed by atoms with Gasteiger partial charge in [-0.15, -0.1) is 0 Å². The number of nitrogens with one attached hydrogen (secondary N) is 3. The molecule has 5 aromatic rings. The standard InChI is InChI=1S/C34H36FN5O2S.C2HF3O2/c35-28-18-16-24(17-19-28)20-21-36-33-30-9-3-4-10-31(30)39-34(40-33)37-22-25-12-14-26(15-13-25)23-38-43(41,42)32-11-5-7-27-6-1-2-8-29(27)32;3-2(4,5)1(6)7/h1-11,16-19,25-26,38H,12-15,20-23H2,(H2,36,37,39,40);(H,6,7). The number of benzene rings is 4. The second kappa shape index (κ2) is 16.3. The predicted molar refractivity (Wildman–Crippen MR) is 185 cm³/mol. The lowest BCUT2D eigenvalue weighted by molar-refractivity contribution is -0.192. The van der Waals surface area contributed by atoms with E-state index in [-0.39, 0.29) is 5.82 Å². The van der Waals surface area contributed by atoms with Crippen molar-refractivity contribution in [3.63, 3.8) is 0 Å². The summed E-state index contributed by atoms with van der Waals surface area (Å²) in [6.45, 7) is 1.88. The average Bonchev–Trinajstić information content (AvgIpc) is 3.11. The Balaban J connectivity index is 0.000000630. The number of carboxylic acids is 1. The molecule has 50 heavy (non-hydrogen) atoms. The first kappa shape index (κ1) is 36.5. The third kappa shape index (κ3) is 9.88. The highest BCUT2D eigenvalue weighted by Gasteiger charge is 2.38. The quantitative estimate of drug-likeness (QED) is 0.104. The van der Waals surface area contributed by atoms with Crippen molar-refractivity contribution in [1.29, 1.82) is 0 Å². The van der Waals surface area contributed by atoms with Gasteiger partial charge in [-0.1, -0.05) is 60.7 Å². The fourth-order valence-corrected chi connectivity index (χ4v) is 7.22. The molecule has 0 amide bonds. The van der Waals surface area contributed by atoms with E-state index in [1.807, 2.05) is 54.6 Å². The maximum Gasteiger partial charge on any atom is 0.490 e. The Bertz CT molecular complexity index is 2010. The zero-order valence-corrected chi connectivity index (χ0v) is 27.8. The summed E-state index contributed by atoms with van der Waals surface area (Å²) in [5, 5.41) is 16.6. The van der Waals surface area contributed by atoms with Gasteiger partial charge in [-0.25, -0.2) is 27.3 Å². The summed E-state index contributed by atoms with van der Waals surface area (Å²) in [4.78, 5) is 18.8. The molecule has 0 saturated heterocycles. The molecule has 9 nitrogen and oxygen atoms in total. The Morgan fingerprint density at radius 2 is 1.38 bits per heavy atom. The first-order chi connectivity index (χ1) is 23.9. The molecular formula is C36H37F4N5O4S. The zero-order valence-electron chi connectivity index (χ0n) is 27.0. The SMILES string of the molecule is O=C(O)C(F)(F)F.O=S(=O)(NCC1CCC(CNc2nc(NCCc3ccc(F)cc3)c3ccccc3n2)CC1)c1cccc2ccccc12. The number of carbonyl (C=O) groups is 1. The van der Waals surface area contributed by atoms with E-state index in [1.165, 1.54) is 12.1 Å². The van der Waals surface area contributed by atoms with Gasteiger partial charge in [0.1, 0.15) is 11.6 Å². The van der Waals surface area contributed by atoms with Crippen molar-refractivity contribution in [2.24, 2.45) is 11.8 Å². The van der Waals surface area contributed by atoms with Crippen LogP contribution in [0.15, 0.2) is 95.9 Å². The molecule has 4 N–H and O–H groups in total. The van der Waals surface area contributed by atoms with Crippen molar-refractivity contribution >= 4 is 49.4 Å². The summed E-state index contributed by atoms with van der Waals surface area (Å²) in [7, 11) is -3.59. The van der Waals surface area contributed by atoms with Crippen LogP contribution in [0.5, 0.6) is 0 Å². The van der Waals surface area contributed by atoms with Crippen LogP contribution in [0.3, 0.4) is 0 Å². The molecule has 4 aromatic carbocycles. The second-order valence-electron chi connectivity index (χ2n) is 12.1. The zero-order chi connectivity index (χ0) is 35.7. The minimum Gasteiger partial charge on any atom is -0.475 e. The van der Waals surface area contributed by atoms with Crippen molar-refractivity contribution in [1.82, 2.24) is 14.7 Å². The Hall–Kier alpha value is -4.82. The van der Waals surface area contributed by atoms with E-state index in [0.717, 1.165) is 71.7 Å². The van der Waals surface area contributed by atoms with Crippen LogP contribution in [0.25, 0.3) is 21.7 Å². The van der Waals surface area contributed by atoms with E-state index < -0.39 is 22.2 Å². The summed E-state index contributed by atoms with van der Waals surface area (Å²) in [6.07, 6.45) is -0.352. The predicted octanol–water partition coefficient (Wildman–Crippen LogP) is 7.41. The number of anilines is 2. The van der Waals surface area contributed by atoms with E-state index in [4.69, 9.17) is 19.9 Å². The van der Waals surface area contributed by atoms with Crippen molar-refractivity contribution in [2.75, 3.05) is 30.3 Å². The van der Waals surface area contributed by atoms with Crippen molar-refractivity contribution < 1.29 is 35.9 Å². The number of hydrogen-bond acceptors (Lipinski definition) is 7. The maximum absolute atomic E-state index is 13.2. The van der Waals surface area contributed by atoms with E-state index in [9.17, 15) is 26.0 Å². The molecule has 264 valence electrons. The van der Waals surface area contributed by atoms with Gasteiger partial charge in [0, 0.05) is 30.4 Å². The lowest BCUT2D eigenvalue weighted by Gasteiger charge is -2.28. The van der Waals surface area contributed by atoms with E-state index in [0.29, 0.717) is 35.8 Å². The Labute approximate surface area is 287 Å². The van der Waals surface area contributed by atoms with Gasteiger partial charge >= 0.3 is 12.1 Å². The largest absolute Gasteiger partial charge is 0.490 e. The number of aliphatic carboxylic acids is 1. The Kier molecular flexibility index (Phi) is 11.9. The third-order valence-corrected chi connectivity index (χ3v) is 10.1. The van der Waals surface area contributed by atoms with Gasteiger partial charge in [0.25, 0.3) is 0 Å². The molecule has 1 aliphatic rings. The first-order valence-corrected chi connectivity index (χ1v) is 17.6. The van der Waals surface area contributed by atoms with Crippen LogP contribution in [-0.4, -0.2) is 55.3 Å². The Morgan fingerprint density at radius 1 is 0.780 bits per heavy atom. The molecule has 0 unspecified atom stereocenters. The number of para-hydroxylation sites is 1. The van der Waals surface area contributed by atoms with Crippen molar-refractivity contribution in [3.05, 3.63) is 102 Å². The number of rotatable bonds is 11. The normalized spacial score (nSPS) is 16.4. The van der Waals surface area contributed by atoms with Crippen LogP contribution in [0.4, 0.5) is 29.3 Å². The summed E-state index contributed by atoms with van der Waals surface area (Å²) in [6, 6.07) is 27.5. The lowest BCUT2D eigenvalue weighted by Crippen LogP contribution is -2.32. The van der Waals surface area contributed by atoms with Crippen LogP contribution < -0.4 is 15.4 Å². The molecule has 0 spiro atoms. The van der Waals surface area contributed by atoms with E-state index in [2.05, 4.69) is 15.4 Å². The van der Waals surface area contributed by atoms with E-state index >= 15 is 0 Å². The van der Waals surface area contributed by atoms with Crippen LogP contribution in [-0.2, 0) is 21.2 Å². The molecule has 1 saturated carbocycles. The van der Waals surface area contributed by atoms with Gasteiger partial charge in [-0.3, -0.25) is 0 Å². The average molecular weight is 712 g/mol. The highest BCUT2D eigenvalue weighted by molar-refractivity contribution is 7.89. The van der Waals surface area contributed by atoms with Gasteiger partial charge in [0.2, 0.25) is 16.0 Å². The van der Waals surface area contributed by atoms with Gasteiger partial charge < -0.3 is 15.7 Å². The van der Waals surface area contributed by atoms with Gasteiger partial charge in [-0.05, 0) is 85.2 Å². The number of halogens is 4. The molecule has 6 rings (SSSR count). The minimum atomic E-state index is -5.08. The highest BCUT2D eigenvalue weighted by atomic mass is 32.2. The second-order valence-corrected chi connectivity index (χ2v) is 13.9. The molecular weight excluding hydrogens is 674 g/mol. The molecule has 0 bridgehead atoms. The molecule has 0 radical (unpaired) electrons. The number of carboxylic acid groups (broad SMARTS) is 1. The number of fused-ring (bicyclic) bond motifs is 2. The van der Waals surface area contributed by atoms with Crippen molar-refractivity contribution in [2.45, 2.75) is 43.2 Å². The van der Waals surface area contributed by atoms with Crippen LogP contribution in [0, 0.1) is 17.7 Å². The molecule has 0 atom stereocenters. The summed E-state index contributed by atoms with van der Waals surface area (Å²) in [5.41, 5.74) is 1.93. The molecule has 1 fully saturated rings. The van der Waals surface area contributed by atoms with Crippen LogP contribution >= 0.6 is 0 Å². The number of hydrogen-bond donors (Lipinski definition) is 4. The molecule has 14 heteroatoms. The third-order valence-electron chi connectivity index (χ3n) is 8.58. The number of sulfonamides is 1. The number of nitrogens with zero attached hydrogens (tertiary/aromatic N) is 2. The monoisotopic (exact) mass is 711 g/mol. The van der Waals surface area contributed by atoms with E-state index in [1.54, 1.807) is 24.3 Å². The fraction of sp³-hybridized carbons (Fsp3) is 0.306. The van der Waals surface area contributed by atoms with Gasteiger partial charge in [0.05, 0.1) is 10.4 Å². The first-order valence-electron chi connectivity index (χ1n) is 16.2. The fourth-order valence-electron chi connectivity index (χ4n) is 5.88. The van der Waals surface area contributed by atoms with Crippen molar-refractivity contribution in [3.8, 4) is 0 Å². The summed E-state index contributed by atoms with van der Waals surface area (Å²) in [5.74, 6) is -0.840. The molecule has 1 aromatic heterocycles. The summed E-state index contributed by atoms with van der Waals surface area (Å²) >= 11 is 0.